The fourth-order valence-electron chi connectivity index (χ4n) is 2.72. The molecule has 1 aliphatic carbocycles. The van der Waals surface area contributed by atoms with Gasteiger partial charge in [0.2, 0.25) is 0 Å². The van der Waals surface area contributed by atoms with Crippen LogP contribution < -0.4 is 0 Å². The summed E-state index contributed by atoms with van der Waals surface area (Å²) in [4.78, 5) is 0. The third kappa shape index (κ3) is 2.81. The van der Waals surface area contributed by atoms with Crippen molar-refractivity contribution in [3.8, 4) is 0 Å². The van der Waals surface area contributed by atoms with Crippen LogP contribution in [0.1, 0.15) is 38.3 Å². The van der Waals surface area contributed by atoms with E-state index in [-0.39, 0.29) is 25.7 Å². The van der Waals surface area contributed by atoms with Gasteiger partial charge in [-0.3, -0.25) is 4.68 Å². The summed E-state index contributed by atoms with van der Waals surface area (Å²) in [7, 11) is 0. The number of aryl methyl sites for hydroxylation is 1. The number of nitrogens with zero attached hydrogens (tertiary/aromatic N) is 2. The lowest BCUT2D eigenvalue weighted by atomic mass is 9.77. The van der Waals surface area contributed by atoms with E-state index in [1.165, 1.54) is 0 Å². The summed E-state index contributed by atoms with van der Waals surface area (Å²) < 4.78 is 40.2. The molecule has 108 valence electrons. The van der Waals surface area contributed by atoms with E-state index >= 15 is 0 Å². The first-order valence-electron chi connectivity index (χ1n) is 6.29. The number of hydrogen-bond acceptors (Lipinski definition) is 2. The molecule has 3 nitrogen and oxygen atoms in total. The van der Waals surface area contributed by atoms with Gasteiger partial charge in [-0.2, -0.15) is 18.3 Å². The molecule has 7 heteroatoms. The van der Waals surface area contributed by atoms with Crippen LogP contribution in [0.3, 0.4) is 0 Å². The van der Waals surface area contributed by atoms with Crippen LogP contribution in [-0.2, 0) is 12.1 Å². The Hall–Kier alpha value is -0.560. The number of aliphatic hydroxyl groups is 1. The van der Waals surface area contributed by atoms with E-state index in [1.54, 1.807) is 10.9 Å². The lowest BCUT2D eigenvalue weighted by Gasteiger charge is -2.37. The summed E-state index contributed by atoms with van der Waals surface area (Å²) in [6.07, 6.45) is -2.44. The zero-order chi connectivity index (χ0) is 14.3. The molecule has 1 aliphatic rings. The summed E-state index contributed by atoms with van der Waals surface area (Å²) >= 11 is 3.32. The van der Waals surface area contributed by atoms with Gasteiger partial charge in [0.1, 0.15) is 5.60 Å². The first-order chi connectivity index (χ1) is 8.78. The van der Waals surface area contributed by atoms with Crippen molar-refractivity contribution in [1.29, 1.82) is 0 Å². The molecule has 1 heterocycles. The summed E-state index contributed by atoms with van der Waals surface area (Å²) in [6.45, 7) is 2.46. The van der Waals surface area contributed by atoms with Crippen LogP contribution in [0.25, 0.3) is 0 Å². The van der Waals surface area contributed by atoms with Crippen molar-refractivity contribution in [3.05, 3.63) is 16.4 Å². The van der Waals surface area contributed by atoms with Gasteiger partial charge in [0.25, 0.3) is 0 Å². The van der Waals surface area contributed by atoms with E-state index < -0.39 is 17.7 Å². The molecule has 0 spiro atoms. The van der Waals surface area contributed by atoms with Crippen LogP contribution in [0.4, 0.5) is 13.2 Å². The van der Waals surface area contributed by atoms with Crippen molar-refractivity contribution in [2.24, 2.45) is 5.92 Å². The number of aromatic nitrogens is 2. The molecule has 1 aromatic rings. The summed E-state index contributed by atoms with van der Waals surface area (Å²) in [5.74, 6) is -1.30. The topological polar surface area (TPSA) is 38.0 Å². The Bertz CT molecular complexity index is 450. The predicted octanol–water partition coefficient (Wildman–Crippen LogP) is 3.61. The van der Waals surface area contributed by atoms with Gasteiger partial charge in [-0.15, -0.1) is 0 Å². The van der Waals surface area contributed by atoms with Gasteiger partial charge in [0.15, 0.2) is 0 Å². The highest BCUT2D eigenvalue weighted by atomic mass is 79.9. The molecule has 1 aromatic heterocycles. The highest BCUT2D eigenvalue weighted by Gasteiger charge is 2.47. The zero-order valence-corrected chi connectivity index (χ0v) is 12.1. The molecular weight excluding hydrogens is 325 g/mol. The number of alkyl halides is 3. The van der Waals surface area contributed by atoms with Crippen LogP contribution >= 0.6 is 15.9 Å². The third-order valence-corrected chi connectivity index (χ3v) is 4.39. The van der Waals surface area contributed by atoms with E-state index in [0.29, 0.717) is 16.7 Å². The fourth-order valence-corrected chi connectivity index (χ4v) is 3.39. The molecule has 0 bridgehead atoms. The molecule has 0 aliphatic heterocycles. The highest BCUT2D eigenvalue weighted by molar-refractivity contribution is 9.10. The second-order valence-corrected chi connectivity index (χ2v) is 5.86. The second-order valence-electron chi connectivity index (χ2n) is 5.00. The van der Waals surface area contributed by atoms with E-state index in [4.69, 9.17) is 0 Å². The maximum atomic E-state index is 12.7. The van der Waals surface area contributed by atoms with Gasteiger partial charge in [0, 0.05) is 6.54 Å². The lowest BCUT2D eigenvalue weighted by molar-refractivity contribution is -0.193. The molecule has 2 rings (SSSR count). The van der Waals surface area contributed by atoms with Crippen LogP contribution in [0.2, 0.25) is 0 Å². The Labute approximate surface area is 117 Å². The normalized spacial score (nSPS) is 28.6. The van der Waals surface area contributed by atoms with Crippen molar-refractivity contribution in [1.82, 2.24) is 9.78 Å². The van der Waals surface area contributed by atoms with E-state index in [1.807, 2.05) is 6.92 Å². The van der Waals surface area contributed by atoms with Crippen LogP contribution in [0.15, 0.2) is 10.7 Å². The Morgan fingerprint density at radius 1 is 1.47 bits per heavy atom. The molecule has 0 saturated heterocycles. The van der Waals surface area contributed by atoms with Gasteiger partial charge >= 0.3 is 6.18 Å². The number of halogens is 4. The van der Waals surface area contributed by atoms with Crippen molar-refractivity contribution in [3.63, 3.8) is 0 Å². The smallest absolute Gasteiger partial charge is 0.384 e. The summed E-state index contributed by atoms with van der Waals surface area (Å²) in [5, 5.41) is 14.8. The average molecular weight is 341 g/mol. The van der Waals surface area contributed by atoms with E-state index in [2.05, 4.69) is 21.0 Å². The van der Waals surface area contributed by atoms with Crippen molar-refractivity contribution < 1.29 is 18.3 Å². The summed E-state index contributed by atoms with van der Waals surface area (Å²) in [6, 6.07) is 0. The zero-order valence-electron chi connectivity index (χ0n) is 10.5. The van der Waals surface area contributed by atoms with Gasteiger partial charge in [-0.25, -0.2) is 0 Å². The molecule has 1 fully saturated rings. The van der Waals surface area contributed by atoms with Gasteiger partial charge in [-0.1, -0.05) is 0 Å². The second kappa shape index (κ2) is 5.09. The molecule has 0 amide bonds. The maximum absolute atomic E-state index is 12.7. The average Bonchev–Trinajstić information content (AvgIpc) is 2.70. The molecule has 1 N–H and O–H groups in total. The van der Waals surface area contributed by atoms with Crippen LogP contribution in [-0.4, -0.2) is 21.1 Å². The first kappa shape index (κ1) is 14.8. The number of hydrogen-bond donors (Lipinski definition) is 1. The SMILES string of the molecule is CCn1ncc(Br)c1C1(O)CCC(C(F)(F)F)CC1. The molecule has 1 saturated carbocycles. The number of rotatable bonds is 2. The Morgan fingerprint density at radius 3 is 2.53 bits per heavy atom. The Morgan fingerprint density at radius 2 is 2.05 bits per heavy atom. The minimum Gasteiger partial charge on any atom is -0.384 e. The highest BCUT2D eigenvalue weighted by Crippen LogP contribution is 2.46. The molecule has 0 aromatic carbocycles. The standard InChI is InChI=1S/C12H16BrF3N2O/c1-2-18-10(9(13)7-17-18)11(19)5-3-8(4-6-11)12(14,15)16/h7-8,19H,2-6H2,1H3. The minimum atomic E-state index is -4.16. The molecule has 0 radical (unpaired) electrons. The van der Waals surface area contributed by atoms with E-state index in [9.17, 15) is 18.3 Å². The lowest BCUT2D eigenvalue weighted by Crippen LogP contribution is -2.38. The molecule has 19 heavy (non-hydrogen) atoms. The van der Waals surface area contributed by atoms with Crippen molar-refractivity contribution in [2.45, 2.75) is 50.9 Å². The predicted molar refractivity (Wildman–Crippen MR) is 67.5 cm³/mol. The quantitative estimate of drug-likeness (QED) is 0.893. The third-order valence-electron chi connectivity index (χ3n) is 3.81. The molecular formula is C12H16BrF3N2O. The van der Waals surface area contributed by atoms with Gasteiger partial charge in [0.05, 0.1) is 22.3 Å². The molecule has 0 atom stereocenters. The van der Waals surface area contributed by atoms with E-state index in [0.717, 1.165) is 0 Å². The fraction of sp³-hybridized carbons (Fsp3) is 0.750. The minimum absolute atomic E-state index is 0.0403. The summed E-state index contributed by atoms with van der Waals surface area (Å²) in [5.41, 5.74) is -0.622. The Kier molecular flexibility index (Phi) is 3.97. The van der Waals surface area contributed by atoms with Crippen molar-refractivity contribution in [2.75, 3.05) is 0 Å². The monoisotopic (exact) mass is 340 g/mol. The maximum Gasteiger partial charge on any atom is 0.391 e. The van der Waals surface area contributed by atoms with Gasteiger partial charge in [-0.05, 0) is 48.5 Å². The first-order valence-corrected chi connectivity index (χ1v) is 7.08. The van der Waals surface area contributed by atoms with Gasteiger partial charge < -0.3 is 5.11 Å². The van der Waals surface area contributed by atoms with Crippen LogP contribution in [0, 0.1) is 5.92 Å². The van der Waals surface area contributed by atoms with Crippen molar-refractivity contribution >= 4 is 15.9 Å². The van der Waals surface area contributed by atoms with Crippen LogP contribution in [0.5, 0.6) is 0 Å². The molecule has 0 unspecified atom stereocenters. The Balaban J connectivity index is 2.20. The largest absolute Gasteiger partial charge is 0.391 e.